The molecule has 1 spiro atoms. The Labute approximate surface area is 153 Å². The summed E-state index contributed by atoms with van der Waals surface area (Å²) in [4.78, 5) is 24.4. The summed E-state index contributed by atoms with van der Waals surface area (Å²) in [7, 11) is 1.47. The third kappa shape index (κ3) is 2.82. The van der Waals surface area contributed by atoms with Crippen molar-refractivity contribution in [3.8, 4) is 0 Å². The average Bonchev–Trinajstić information content (AvgIpc) is 3.09. The highest BCUT2D eigenvalue weighted by atomic mass is 79.9. The van der Waals surface area contributed by atoms with Gasteiger partial charge >= 0.3 is 12.1 Å². The molecule has 3 rings (SSSR count). The van der Waals surface area contributed by atoms with Gasteiger partial charge in [0.15, 0.2) is 11.4 Å². The van der Waals surface area contributed by atoms with E-state index in [0.717, 1.165) is 22.9 Å². The van der Waals surface area contributed by atoms with Gasteiger partial charge in [-0.1, -0.05) is 27.5 Å². The highest BCUT2D eigenvalue weighted by Gasteiger charge is 2.52. The lowest BCUT2D eigenvalue weighted by molar-refractivity contribution is -0.146. The van der Waals surface area contributed by atoms with Crippen LogP contribution >= 0.6 is 27.5 Å². The van der Waals surface area contributed by atoms with Gasteiger partial charge in [-0.15, -0.1) is 0 Å². The predicted octanol–water partition coefficient (Wildman–Crippen LogP) is 4.35. The van der Waals surface area contributed by atoms with Crippen molar-refractivity contribution in [1.29, 1.82) is 0 Å². The first-order valence-corrected chi connectivity index (χ1v) is 8.89. The fourth-order valence-electron chi connectivity index (χ4n) is 3.24. The predicted molar refractivity (Wildman–Crippen MR) is 93.6 cm³/mol. The molecule has 1 aromatic rings. The Morgan fingerprint density at radius 3 is 2.67 bits per heavy atom. The number of carbonyl (C=O) groups is 2. The molecule has 1 N–H and O–H groups in total. The van der Waals surface area contributed by atoms with E-state index in [2.05, 4.69) is 21.2 Å². The van der Waals surface area contributed by atoms with E-state index in [4.69, 9.17) is 21.1 Å². The lowest BCUT2D eigenvalue weighted by Gasteiger charge is -2.24. The van der Waals surface area contributed by atoms with Crippen molar-refractivity contribution >= 4 is 45.2 Å². The van der Waals surface area contributed by atoms with Crippen LogP contribution in [0.2, 0.25) is 5.02 Å². The quantitative estimate of drug-likeness (QED) is 0.731. The van der Waals surface area contributed by atoms with E-state index in [9.17, 15) is 9.59 Å². The van der Waals surface area contributed by atoms with Crippen LogP contribution in [-0.4, -0.2) is 24.7 Å². The zero-order valence-electron chi connectivity index (χ0n) is 13.4. The average molecular weight is 415 g/mol. The Bertz CT molecular complexity index is 753. The third-order valence-corrected chi connectivity index (χ3v) is 5.63. The van der Waals surface area contributed by atoms with E-state index < -0.39 is 17.7 Å². The zero-order chi connectivity index (χ0) is 17.5. The molecule has 0 atom stereocenters. The first kappa shape index (κ1) is 17.3. The Balaban J connectivity index is 2.19. The number of amides is 1. The van der Waals surface area contributed by atoms with Gasteiger partial charge in [0, 0.05) is 22.1 Å². The second-order valence-corrected chi connectivity index (χ2v) is 7.28. The Morgan fingerprint density at radius 1 is 1.38 bits per heavy atom. The van der Waals surface area contributed by atoms with Gasteiger partial charge in [0.05, 0.1) is 0 Å². The molecule has 0 saturated heterocycles. The Kier molecular flexibility index (Phi) is 4.62. The summed E-state index contributed by atoms with van der Waals surface area (Å²) in [5, 5.41) is 2.81. The molecule has 0 bridgehead atoms. The minimum absolute atomic E-state index is 0.237. The number of hydrogen-bond donors (Lipinski definition) is 1. The van der Waals surface area contributed by atoms with Crippen LogP contribution in [0.4, 0.5) is 4.79 Å². The van der Waals surface area contributed by atoms with Crippen LogP contribution in [0, 0.1) is 6.92 Å². The molecule has 5 nitrogen and oxygen atoms in total. The first-order chi connectivity index (χ1) is 11.4. The maximum absolute atomic E-state index is 12.6. The lowest BCUT2D eigenvalue weighted by atomic mass is 9.94. The summed E-state index contributed by atoms with van der Waals surface area (Å²) >= 11 is 9.77. The van der Waals surface area contributed by atoms with Crippen LogP contribution in [0.1, 0.15) is 36.8 Å². The van der Waals surface area contributed by atoms with Crippen molar-refractivity contribution < 1.29 is 19.1 Å². The molecule has 0 radical (unpaired) electrons. The fourth-order valence-corrected chi connectivity index (χ4v) is 3.97. The molecule has 128 valence electrons. The molecule has 2 aliphatic rings. The SMILES string of the molecule is CNC(=O)OC1=C(c2cc(C)c(Br)cc2Cl)C(=O)OC12CCCC2. The van der Waals surface area contributed by atoms with Gasteiger partial charge < -0.3 is 14.8 Å². The molecule has 1 amide bonds. The summed E-state index contributed by atoms with van der Waals surface area (Å²) in [6.07, 6.45) is 2.48. The van der Waals surface area contributed by atoms with Crippen LogP contribution < -0.4 is 5.32 Å². The second-order valence-electron chi connectivity index (χ2n) is 6.02. The van der Waals surface area contributed by atoms with E-state index in [1.165, 1.54) is 7.05 Å². The van der Waals surface area contributed by atoms with Gasteiger partial charge in [-0.3, -0.25) is 0 Å². The number of benzene rings is 1. The third-order valence-electron chi connectivity index (χ3n) is 4.46. The van der Waals surface area contributed by atoms with Gasteiger partial charge in [0.25, 0.3) is 0 Å². The van der Waals surface area contributed by atoms with Crippen LogP contribution in [0.5, 0.6) is 0 Å². The van der Waals surface area contributed by atoms with Crippen molar-refractivity contribution in [1.82, 2.24) is 5.32 Å². The van der Waals surface area contributed by atoms with Crippen molar-refractivity contribution in [2.75, 3.05) is 7.05 Å². The molecule has 0 unspecified atom stereocenters. The van der Waals surface area contributed by atoms with Crippen molar-refractivity contribution in [3.05, 3.63) is 38.5 Å². The number of rotatable bonds is 2. The number of halogens is 2. The molecule has 24 heavy (non-hydrogen) atoms. The highest BCUT2D eigenvalue weighted by Crippen LogP contribution is 2.49. The normalized spacial score (nSPS) is 18.9. The van der Waals surface area contributed by atoms with Gasteiger partial charge in [-0.05, 0) is 50.3 Å². The number of aryl methyl sites for hydroxylation is 1. The summed E-state index contributed by atoms with van der Waals surface area (Å²) in [6.45, 7) is 1.90. The maximum Gasteiger partial charge on any atom is 0.412 e. The molecule has 1 aliphatic heterocycles. The molecule has 1 saturated carbocycles. The number of nitrogens with one attached hydrogen (secondary N) is 1. The summed E-state index contributed by atoms with van der Waals surface area (Å²) in [5.41, 5.74) is 0.816. The largest absolute Gasteiger partial charge is 0.447 e. The van der Waals surface area contributed by atoms with Gasteiger partial charge in [0.2, 0.25) is 0 Å². The standard InChI is InChI=1S/C17H17BrClNO4/c1-9-7-10(12(19)8-11(9)18)13-14(23-16(22)20-2)17(24-15(13)21)5-3-4-6-17/h7-8H,3-6H2,1-2H3,(H,20,22). The Morgan fingerprint density at radius 2 is 2.04 bits per heavy atom. The minimum Gasteiger partial charge on any atom is -0.447 e. The Hall–Kier alpha value is -1.53. The summed E-state index contributed by atoms with van der Waals surface area (Å²) in [5.74, 6) is -0.229. The topological polar surface area (TPSA) is 64.6 Å². The molecule has 1 heterocycles. The number of alkyl carbamates (subject to hydrolysis) is 1. The van der Waals surface area contributed by atoms with E-state index in [1.807, 2.05) is 6.92 Å². The van der Waals surface area contributed by atoms with E-state index >= 15 is 0 Å². The molecule has 0 aromatic heterocycles. The molecular weight excluding hydrogens is 398 g/mol. The summed E-state index contributed by atoms with van der Waals surface area (Å²) < 4.78 is 12.0. The molecule has 1 fully saturated rings. The van der Waals surface area contributed by atoms with E-state index in [1.54, 1.807) is 12.1 Å². The number of hydrogen-bond acceptors (Lipinski definition) is 4. The number of carbonyl (C=O) groups excluding carboxylic acids is 2. The van der Waals surface area contributed by atoms with Crippen LogP contribution in [0.25, 0.3) is 5.57 Å². The monoisotopic (exact) mass is 413 g/mol. The van der Waals surface area contributed by atoms with Crippen LogP contribution in [0.15, 0.2) is 22.4 Å². The van der Waals surface area contributed by atoms with Crippen molar-refractivity contribution in [2.24, 2.45) is 0 Å². The number of esters is 1. The lowest BCUT2D eigenvalue weighted by Crippen LogP contribution is -2.32. The van der Waals surface area contributed by atoms with Crippen LogP contribution in [-0.2, 0) is 14.3 Å². The van der Waals surface area contributed by atoms with Gasteiger partial charge in [-0.2, -0.15) is 0 Å². The van der Waals surface area contributed by atoms with Crippen LogP contribution in [0.3, 0.4) is 0 Å². The van der Waals surface area contributed by atoms with Gasteiger partial charge in [-0.25, -0.2) is 9.59 Å². The second kappa shape index (κ2) is 6.41. The highest BCUT2D eigenvalue weighted by molar-refractivity contribution is 9.10. The van der Waals surface area contributed by atoms with E-state index in [-0.39, 0.29) is 11.3 Å². The van der Waals surface area contributed by atoms with E-state index in [0.29, 0.717) is 23.4 Å². The maximum atomic E-state index is 12.6. The van der Waals surface area contributed by atoms with Crippen molar-refractivity contribution in [3.63, 3.8) is 0 Å². The molecule has 1 aromatic carbocycles. The molecular formula is C17H17BrClNO4. The smallest absolute Gasteiger partial charge is 0.412 e. The minimum atomic E-state index is -0.858. The van der Waals surface area contributed by atoms with Crippen molar-refractivity contribution in [2.45, 2.75) is 38.2 Å². The molecule has 1 aliphatic carbocycles. The zero-order valence-corrected chi connectivity index (χ0v) is 15.7. The first-order valence-electron chi connectivity index (χ1n) is 7.71. The van der Waals surface area contributed by atoms with Gasteiger partial charge in [0.1, 0.15) is 5.57 Å². The fraction of sp³-hybridized carbons (Fsp3) is 0.412. The number of ether oxygens (including phenoxy) is 2. The summed E-state index contributed by atoms with van der Waals surface area (Å²) in [6, 6.07) is 3.52. The molecule has 7 heteroatoms.